The monoisotopic (exact) mass is 389 g/mol. The summed E-state index contributed by atoms with van der Waals surface area (Å²) in [6, 6.07) is 0. The van der Waals surface area contributed by atoms with E-state index in [4.69, 9.17) is 9.47 Å². The molecule has 1 aliphatic carbocycles. The Hall–Kier alpha value is -1.16. The summed E-state index contributed by atoms with van der Waals surface area (Å²) in [5, 5.41) is 4.19. The zero-order valence-electron chi connectivity index (χ0n) is 16.5. The Morgan fingerprint density at radius 1 is 1.35 bits per heavy atom. The maximum absolute atomic E-state index is 13.4. The molecule has 1 atom stereocenters. The molecule has 26 heavy (non-hydrogen) atoms. The van der Waals surface area contributed by atoms with Crippen LogP contribution in [0.1, 0.15) is 40.5 Å². The molecule has 0 aromatic carbocycles. The third-order valence-electron chi connectivity index (χ3n) is 5.43. The van der Waals surface area contributed by atoms with Gasteiger partial charge in [-0.2, -0.15) is 0 Å². The highest BCUT2D eigenvalue weighted by Gasteiger charge is 2.63. The Morgan fingerprint density at radius 3 is 2.35 bits per heavy atom. The average Bonchev–Trinajstić information content (AvgIpc) is 3.28. The van der Waals surface area contributed by atoms with Crippen molar-refractivity contribution in [3.8, 4) is 0 Å². The first kappa shape index (κ1) is 21.1. The van der Waals surface area contributed by atoms with Crippen molar-refractivity contribution in [1.82, 2.24) is 15.8 Å². The van der Waals surface area contributed by atoms with Gasteiger partial charge in [0.1, 0.15) is 11.8 Å². The van der Waals surface area contributed by atoms with Crippen LogP contribution < -0.4 is 10.7 Å². The van der Waals surface area contributed by atoms with E-state index < -0.39 is 37.1 Å². The second-order valence-electron chi connectivity index (χ2n) is 8.02. The number of ether oxygens (including phenoxy) is 2. The lowest BCUT2D eigenvalue weighted by Crippen LogP contribution is -2.54. The van der Waals surface area contributed by atoms with Crippen LogP contribution in [0.4, 0.5) is 0 Å². The maximum Gasteiger partial charge on any atom is 0.268 e. The van der Waals surface area contributed by atoms with Gasteiger partial charge in [-0.15, -0.1) is 0 Å². The predicted octanol–water partition coefficient (Wildman–Crippen LogP) is 0.560. The van der Waals surface area contributed by atoms with Gasteiger partial charge in [-0.25, -0.2) is 13.8 Å². The highest BCUT2D eigenvalue weighted by atomic mass is 32.2. The second-order valence-corrected chi connectivity index (χ2v) is 10.9. The van der Waals surface area contributed by atoms with Crippen molar-refractivity contribution in [3.63, 3.8) is 0 Å². The zero-order valence-corrected chi connectivity index (χ0v) is 17.3. The molecule has 2 N–H and O–H groups in total. The molecule has 150 valence electrons. The maximum atomic E-state index is 13.4. The number of carbonyl (C=O) groups excluding carboxylic acids is 1. The SMILES string of the molecule is C=C(C(=O)NCC1(S(=O)(=O)C(C)(C)C2COC(C)(C)O2)CC1)N(C)NC. The molecule has 9 heteroatoms. The van der Waals surface area contributed by atoms with E-state index >= 15 is 0 Å². The van der Waals surface area contributed by atoms with Crippen molar-refractivity contribution in [1.29, 1.82) is 0 Å². The minimum atomic E-state index is -3.59. The van der Waals surface area contributed by atoms with Crippen molar-refractivity contribution in [2.75, 3.05) is 27.2 Å². The highest BCUT2D eigenvalue weighted by molar-refractivity contribution is 7.94. The van der Waals surface area contributed by atoms with E-state index in [1.54, 1.807) is 41.8 Å². The van der Waals surface area contributed by atoms with Gasteiger partial charge in [0.05, 0.1) is 16.1 Å². The topological polar surface area (TPSA) is 97.0 Å². The van der Waals surface area contributed by atoms with Crippen LogP contribution in [0.2, 0.25) is 0 Å². The standard InChI is InChI=1S/C17H31N3O5S/c1-12(20(7)18-6)14(21)19-11-17(8-9-17)26(22,23)15(2,3)13-10-24-16(4,5)25-13/h13,18H,1,8-11H2,2-7H3,(H,19,21). The van der Waals surface area contributed by atoms with Crippen molar-refractivity contribution in [3.05, 3.63) is 12.3 Å². The van der Waals surface area contributed by atoms with E-state index in [1.165, 1.54) is 5.01 Å². The predicted molar refractivity (Wildman–Crippen MR) is 98.8 cm³/mol. The quantitative estimate of drug-likeness (QED) is 0.462. The molecular weight excluding hydrogens is 358 g/mol. The van der Waals surface area contributed by atoms with Crippen LogP contribution in [0, 0.1) is 0 Å². The number of nitrogens with zero attached hydrogens (tertiary/aromatic N) is 1. The summed E-state index contributed by atoms with van der Waals surface area (Å²) in [6.45, 7) is 10.9. The fraction of sp³-hybridized carbons (Fsp3) is 0.824. The fourth-order valence-electron chi connectivity index (χ4n) is 3.07. The molecule has 1 amide bonds. The van der Waals surface area contributed by atoms with Crippen molar-refractivity contribution >= 4 is 15.7 Å². The number of carbonyl (C=O) groups is 1. The molecule has 1 unspecified atom stereocenters. The van der Waals surface area contributed by atoms with Gasteiger partial charge in [0.15, 0.2) is 15.6 Å². The first-order chi connectivity index (χ1) is 11.8. The fourth-order valence-corrected chi connectivity index (χ4v) is 5.55. The van der Waals surface area contributed by atoms with Crippen LogP contribution in [0.15, 0.2) is 12.3 Å². The van der Waals surface area contributed by atoms with Crippen LogP contribution in [-0.2, 0) is 24.1 Å². The Bertz CT molecular complexity index is 683. The van der Waals surface area contributed by atoms with Crippen LogP contribution >= 0.6 is 0 Å². The highest BCUT2D eigenvalue weighted by Crippen LogP contribution is 2.50. The van der Waals surface area contributed by atoms with Crippen LogP contribution in [0.25, 0.3) is 0 Å². The van der Waals surface area contributed by atoms with Gasteiger partial charge in [-0.1, -0.05) is 6.58 Å². The van der Waals surface area contributed by atoms with Crippen molar-refractivity contribution in [2.24, 2.45) is 0 Å². The molecule has 0 aromatic rings. The first-order valence-corrected chi connectivity index (χ1v) is 10.2. The Morgan fingerprint density at radius 2 is 1.92 bits per heavy atom. The second kappa shape index (κ2) is 6.78. The van der Waals surface area contributed by atoms with Crippen LogP contribution in [0.5, 0.6) is 0 Å². The molecule has 0 radical (unpaired) electrons. The smallest absolute Gasteiger partial charge is 0.268 e. The number of likely N-dealkylation sites (N-methyl/N-ethyl adjacent to an activating group) is 1. The molecule has 2 aliphatic rings. The minimum Gasteiger partial charge on any atom is -0.349 e. The van der Waals surface area contributed by atoms with Gasteiger partial charge in [-0.05, 0) is 40.5 Å². The molecule has 1 aliphatic heterocycles. The molecule has 1 saturated heterocycles. The van der Waals surface area contributed by atoms with E-state index in [0.717, 1.165) is 0 Å². The molecule has 2 fully saturated rings. The Kier molecular flexibility index (Phi) is 5.51. The summed E-state index contributed by atoms with van der Waals surface area (Å²) in [5.41, 5.74) is 3.00. The summed E-state index contributed by atoms with van der Waals surface area (Å²) in [5.74, 6) is -1.19. The number of hydrogen-bond acceptors (Lipinski definition) is 7. The molecular formula is C17H31N3O5S. The van der Waals surface area contributed by atoms with Gasteiger partial charge in [-0.3, -0.25) is 4.79 Å². The number of amides is 1. The van der Waals surface area contributed by atoms with E-state index in [9.17, 15) is 13.2 Å². The van der Waals surface area contributed by atoms with Crippen molar-refractivity contribution < 1.29 is 22.7 Å². The van der Waals surface area contributed by atoms with E-state index in [1.807, 2.05) is 0 Å². The number of hydrogen-bond donors (Lipinski definition) is 2. The van der Waals surface area contributed by atoms with Crippen molar-refractivity contribution in [2.45, 2.75) is 61.9 Å². The summed E-state index contributed by atoms with van der Waals surface area (Å²) in [4.78, 5) is 12.2. The molecule has 1 heterocycles. The van der Waals surface area contributed by atoms with E-state index in [0.29, 0.717) is 12.8 Å². The Labute approximate surface area is 156 Å². The van der Waals surface area contributed by atoms with Crippen LogP contribution in [0.3, 0.4) is 0 Å². The van der Waals surface area contributed by atoms with Gasteiger partial charge in [0, 0.05) is 20.6 Å². The minimum absolute atomic E-state index is 0.0607. The number of nitrogens with one attached hydrogen (secondary N) is 2. The molecule has 0 spiro atoms. The number of hydrazine groups is 1. The number of sulfone groups is 1. The van der Waals surface area contributed by atoms with Gasteiger partial charge in [0.25, 0.3) is 5.91 Å². The lowest BCUT2D eigenvalue weighted by atomic mass is 10.1. The summed E-state index contributed by atoms with van der Waals surface area (Å²) in [7, 11) is -0.260. The number of rotatable bonds is 8. The zero-order chi connectivity index (χ0) is 20.0. The van der Waals surface area contributed by atoms with Gasteiger partial charge >= 0.3 is 0 Å². The molecule has 2 rings (SSSR count). The van der Waals surface area contributed by atoms with E-state index in [2.05, 4.69) is 17.3 Å². The molecule has 1 saturated carbocycles. The third-order valence-corrected chi connectivity index (χ3v) is 8.77. The van der Waals surface area contributed by atoms with Gasteiger partial charge < -0.3 is 19.8 Å². The van der Waals surface area contributed by atoms with Gasteiger partial charge in [0.2, 0.25) is 0 Å². The lowest BCUT2D eigenvalue weighted by Gasteiger charge is -2.34. The summed E-state index contributed by atoms with van der Waals surface area (Å²) < 4.78 is 36.0. The molecule has 8 nitrogen and oxygen atoms in total. The normalized spacial score (nSPS) is 24.2. The van der Waals surface area contributed by atoms with E-state index in [-0.39, 0.29) is 18.8 Å². The largest absolute Gasteiger partial charge is 0.349 e. The van der Waals surface area contributed by atoms with Crippen LogP contribution in [-0.4, -0.2) is 68.0 Å². The third kappa shape index (κ3) is 3.62. The first-order valence-electron chi connectivity index (χ1n) is 8.74. The molecule has 0 aromatic heterocycles. The average molecular weight is 390 g/mol. The molecule has 0 bridgehead atoms. The summed E-state index contributed by atoms with van der Waals surface area (Å²) >= 11 is 0. The summed E-state index contributed by atoms with van der Waals surface area (Å²) in [6.07, 6.45) is 0.482. The lowest BCUT2D eigenvalue weighted by molar-refractivity contribution is -0.141. The Balaban J connectivity index is 2.10.